The number of halogens is 2. The fourth-order valence-electron chi connectivity index (χ4n) is 2.03. The Bertz CT molecular complexity index is 686. The van der Waals surface area contributed by atoms with Crippen molar-refractivity contribution in [3.05, 3.63) is 63.4 Å². The Kier molecular flexibility index (Phi) is 6.68. The van der Waals surface area contributed by atoms with Crippen LogP contribution in [0.1, 0.15) is 23.7 Å². The number of aliphatic imine (C=N–C) groups is 1. The predicted molar refractivity (Wildman–Crippen MR) is 97.1 cm³/mol. The largest absolute Gasteiger partial charge is 0.357 e. The number of aryl methyl sites for hydroxylation is 1. The lowest BCUT2D eigenvalue weighted by atomic mass is 10.2. The minimum atomic E-state index is 0.479. The fraction of sp³-hybridized carbons (Fsp3) is 0.294. The van der Waals surface area contributed by atoms with E-state index in [2.05, 4.69) is 20.6 Å². The standard InChI is InChI=1S/C17H20Cl2N4/c1-3-20-17(23-11-16-12(2)5-4-8-21-16)22-10-13-6-7-14(18)9-15(13)19/h4-9H,3,10-11H2,1-2H3,(H2,20,22,23). The lowest BCUT2D eigenvalue weighted by molar-refractivity contribution is 0.794. The molecule has 0 bridgehead atoms. The van der Waals surface area contributed by atoms with E-state index in [0.29, 0.717) is 23.1 Å². The summed E-state index contributed by atoms with van der Waals surface area (Å²) in [6, 6.07) is 9.41. The van der Waals surface area contributed by atoms with E-state index >= 15 is 0 Å². The minimum absolute atomic E-state index is 0.479. The molecule has 0 aliphatic rings. The molecule has 0 atom stereocenters. The smallest absolute Gasteiger partial charge is 0.191 e. The van der Waals surface area contributed by atoms with Crippen LogP contribution >= 0.6 is 23.2 Å². The molecule has 2 N–H and O–H groups in total. The summed E-state index contributed by atoms with van der Waals surface area (Å²) in [5.41, 5.74) is 3.08. The molecular formula is C17H20Cl2N4. The van der Waals surface area contributed by atoms with Crippen molar-refractivity contribution in [1.29, 1.82) is 0 Å². The van der Waals surface area contributed by atoms with Crippen LogP contribution in [0.25, 0.3) is 0 Å². The number of guanidine groups is 1. The Labute approximate surface area is 146 Å². The van der Waals surface area contributed by atoms with Crippen LogP contribution < -0.4 is 10.6 Å². The van der Waals surface area contributed by atoms with Crippen LogP contribution in [0.3, 0.4) is 0 Å². The molecule has 1 heterocycles. The molecule has 0 unspecified atom stereocenters. The van der Waals surface area contributed by atoms with Gasteiger partial charge in [0, 0.05) is 22.8 Å². The third-order valence-corrected chi connectivity index (χ3v) is 3.89. The molecule has 1 aromatic heterocycles. The van der Waals surface area contributed by atoms with Gasteiger partial charge in [0.1, 0.15) is 0 Å². The maximum atomic E-state index is 6.18. The molecule has 0 radical (unpaired) electrons. The number of hydrogen-bond donors (Lipinski definition) is 2. The zero-order valence-electron chi connectivity index (χ0n) is 13.2. The first-order chi connectivity index (χ1) is 11.1. The topological polar surface area (TPSA) is 49.3 Å². The lowest BCUT2D eigenvalue weighted by Crippen LogP contribution is -2.37. The monoisotopic (exact) mass is 350 g/mol. The first-order valence-electron chi connectivity index (χ1n) is 7.46. The molecule has 0 spiro atoms. The Morgan fingerprint density at radius 3 is 2.74 bits per heavy atom. The highest BCUT2D eigenvalue weighted by atomic mass is 35.5. The number of nitrogens with zero attached hydrogens (tertiary/aromatic N) is 2. The number of benzene rings is 1. The van der Waals surface area contributed by atoms with Crippen molar-refractivity contribution in [3.8, 4) is 0 Å². The molecule has 4 nitrogen and oxygen atoms in total. The van der Waals surface area contributed by atoms with Crippen molar-refractivity contribution in [3.63, 3.8) is 0 Å². The van der Waals surface area contributed by atoms with Gasteiger partial charge >= 0.3 is 0 Å². The second kappa shape index (κ2) is 8.75. The van der Waals surface area contributed by atoms with E-state index in [0.717, 1.165) is 29.3 Å². The Morgan fingerprint density at radius 1 is 1.22 bits per heavy atom. The molecule has 0 aliphatic heterocycles. The van der Waals surface area contributed by atoms with Crippen molar-refractivity contribution >= 4 is 29.2 Å². The molecular weight excluding hydrogens is 331 g/mol. The summed E-state index contributed by atoms with van der Waals surface area (Å²) >= 11 is 12.1. The zero-order chi connectivity index (χ0) is 16.7. The van der Waals surface area contributed by atoms with Gasteiger partial charge < -0.3 is 10.6 Å². The maximum absolute atomic E-state index is 6.18. The number of rotatable bonds is 5. The summed E-state index contributed by atoms with van der Waals surface area (Å²) in [5, 5.41) is 7.75. The molecule has 0 saturated carbocycles. The molecule has 6 heteroatoms. The van der Waals surface area contributed by atoms with Crippen molar-refractivity contribution in [2.24, 2.45) is 4.99 Å². The van der Waals surface area contributed by atoms with Gasteiger partial charge in [0.15, 0.2) is 5.96 Å². The number of nitrogens with one attached hydrogen (secondary N) is 2. The Balaban J connectivity index is 2.04. The third-order valence-electron chi connectivity index (χ3n) is 3.31. The minimum Gasteiger partial charge on any atom is -0.357 e. The van der Waals surface area contributed by atoms with Gasteiger partial charge in [-0.25, -0.2) is 4.99 Å². The molecule has 122 valence electrons. The van der Waals surface area contributed by atoms with Gasteiger partial charge in [-0.15, -0.1) is 0 Å². The molecule has 0 saturated heterocycles. The molecule has 2 aromatic rings. The SMILES string of the molecule is CCNC(=NCc1ccc(Cl)cc1Cl)NCc1ncccc1C. The summed E-state index contributed by atoms with van der Waals surface area (Å²) in [7, 11) is 0. The summed E-state index contributed by atoms with van der Waals surface area (Å²) in [6.07, 6.45) is 1.79. The first kappa shape index (κ1) is 17.6. The summed E-state index contributed by atoms with van der Waals surface area (Å²) in [4.78, 5) is 8.93. The van der Waals surface area contributed by atoms with Gasteiger partial charge in [-0.05, 0) is 43.2 Å². The van der Waals surface area contributed by atoms with Crippen LogP contribution in [0.15, 0.2) is 41.5 Å². The van der Waals surface area contributed by atoms with Crippen molar-refractivity contribution in [1.82, 2.24) is 15.6 Å². The van der Waals surface area contributed by atoms with E-state index in [1.807, 2.05) is 38.1 Å². The predicted octanol–water partition coefficient (Wildman–Crippen LogP) is 3.95. The second-order valence-corrected chi connectivity index (χ2v) is 5.90. The quantitative estimate of drug-likeness (QED) is 0.633. The third kappa shape index (κ3) is 5.41. The van der Waals surface area contributed by atoms with Crippen molar-refractivity contribution in [2.45, 2.75) is 26.9 Å². The van der Waals surface area contributed by atoms with E-state index in [-0.39, 0.29) is 0 Å². The Morgan fingerprint density at radius 2 is 2.04 bits per heavy atom. The van der Waals surface area contributed by atoms with Gasteiger partial charge in [0.05, 0.1) is 18.8 Å². The van der Waals surface area contributed by atoms with E-state index < -0.39 is 0 Å². The highest BCUT2D eigenvalue weighted by Crippen LogP contribution is 2.21. The van der Waals surface area contributed by atoms with Crippen LogP contribution in [0.5, 0.6) is 0 Å². The molecule has 0 fully saturated rings. The number of hydrogen-bond acceptors (Lipinski definition) is 2. The molecule has 1 aromatic carbocycles. The van der Waals surface area contributed by atoms with Gasteiger partial charge in [0.2, 0.25) is 0 Å². The van der Waals surface area contributed by atoms with Crippen LogP contribution in [-0.4, -0.2) is 17.5 Å². The van der Waals surface area contributed by atoms with Crippen LogP contribution in [0.4, 0.5) is 0 Å². The Hall–Kier alpha value is -1.78. The summed E-state index contributed by atoms with van der Waals surface area (Å²) < 4.78 is 0. The van der Waals surface area contributed by atoms with Gasteiger partial charge in [-0.1, -0.05) is 35.3 Å². The van der Waals surface area contributed by atoms with Gasteiger partial charge in [0.25, 0.3) is 0 Å². The normalized spacial score (nSPS) is 11.4. The second-order valence-electron chi connectivity index (χ2n) is 5.05. The van der Waals surface area contributed by atoms with E-state index in [4.69, 9.17) is 23.2 Å². The van der Waals surface area contributed by atoms with Crippen molar-refractivity contribution < 1.29 is 0 Å². The van der Waals surface area contributed by atoms with Crippen LogP contribution in [0, 0.1) is 6.92 Å². The number of aromatic nitrogens is 1. The zero-order valence-corrected chi connectivity index (χ0v) is 14.7. The molecule has 2 rings (SSSR count). The summed E-state index contributed by atoms with van der Waals surface area (Å²) in [5.74, 6) is 0.726. The first-order valence-corrected chi connectivity index (χ1v) is 8.22. The molecule has 23 heavy (non-hydrogen) atoms. The van der Waals surface area contributed by atoms with Gasteiger partial charge in [-0.3, -0.25) is 4.98 Å². The number of pyridine rings is 1. The maximum Gasteiger partial charge on any atom is 0.191 e. The fourth-order valence-corrected chi connectivity index (χ4v) is 2.50. The highest BCUT2D eigenvalue weighted by Gasteiger charge is 2.04. The van der Waals surface area contributed by atoms with Crippen LogP contribution in [-0.2, 0) is 13.1 Å². The highest BCUT2D eigenvalue weighted by molar-refractivity contribution is 6.35. The lowest BCUT2D eigenvalue weighted by Gasteiger charge is -2.12. The molecule has 0 amide bonds. The molecule has 0 aliphatic carbocycles. The van der Waals surface area contributed by atoms with Crippen molar-refractivity contribution in [2.75, 3.05) is 6.54 Å². The van der Waals surface area contributed by atoms with Crippen LogP contribution in [0.2, 0.25) is 10.0 Å². The van der Waals surface area contributed by atoms with E-state index in [1.165, 1.54) is 0 Å². The average Bonchev–Trinajstić information content (AvgIpc) is 2.53. The summed E-state index contributed by atoms with van der Waals surface area (Å²) in [6.45, 7) is 5.95. The van der Waals surface area contributed by atoms with E-state index in [1.54, 1.807) is 12.3 Å². The average molecular weight is 351 g/mol. The van der Waals surface area contributed by atoms with Gasteiger partial charge in [-0.2, -0.15) is 0 Å². The van der Waals surface area contributed by atoms with E-state index in [9.17, 15) is 0 Å².